The third-order valence-electron chi connectivity index (χ3n) is 0.625. The van der Waals surface area contributed by atoms with Crippen LogP contribution in [0.1, 0.15) is 0 Å². The largest absolute Gasteiger partial charge is 0.478 e. The fourth-order valence-corrected chi connectivity index (χ4v) is 0.312. The van der Waals surface area contributed by atoms with Gasteiger partial charge in [0, 0.05) is 19.2 Å². The number of hydrogen-bond donors (Lipinski definition) is 3. The smallest absolute Gasteiger partial charge is 0.328 e. The van der Waals surface area contributed by atoms with E-state index in [4.69, 9.17) is 5.11 Å². The van der Waals surface area contributed by atoms with Gasteiger partial charge in [-0.1, -0.05) is 0 Å². The highest BCUT2D eigenvalue weighted by molar-refractivity contribution is 5.93. The zero-order valence-electron chi connectivity index (χ0n) is 5.42. The molecule has 0 atom stereocenters. The number of rotatable bonds is 3. The minimum absolute atomic E-state index is 0.495. The third-order valence-corrected chi connectivity index (χ3v) is 0.625. The highest BCUT2D eigenvalue weighted by Crippen LogP contribution is 1.71. The summed E-state index contributed by atoms with van der Waals surface area (Å²) in [7, 11) is 1.51. The number of carboxylic acids is 1. The Labute approximate surface area is 57.7 Å². The highest BCUT2D eigenvalue weighted by Gasteiger charge is 1.91. The Kier molecular flexibility index (Phi) is 3.90. The number of hydrogen-bond acceptors (Lipinski definition) is 3. The van der Waals surface area contributed by atoms with Crippen LogP contribution in [0.25, 0.3) is 0 Å². The van der Waals surface area contributed by atoms with Gasteiger partial charge in [0.2, 0.25) is 0 Å². The second-order valence-electron chi connectivity index (χ2n) is 1.41. The number of carboxylic acid groups (broad SMARTS) is 1. The molecule has 0 spiro atoms. The van der Waals surface area contributed by atoms with Crippen LogP contribution in [0.3, 0.4) is 0 Å². The Morgan fingerprint density at radius 2 is 2.00 bits per heavy atom. The summed E-state index contributed by atoms with van der Waals surface area (Å²) in [5.41, 5.74) is 4.51. The molecule has 0 bridgehead atoms. The molecule has 0 heterocycles. The number of carbonyl (C=O) groups excluding carboxylic acids is 1. The lowest BCUT2D eigenvalue weighted by atomic mass is 10.5. The quantitative estimate of drug-likeness (QED) is 0.346. The van der Waals surface area contributed by atoms with Crippen LogP contribution in [0.2, 0.25) is 0 Å². The lowest BCUT2D eigenvalue weighted by Crippen LogP contribution is -2.32. The van der Waals surface area contributed by atoms with Gasteiger partial charge in [-0.3, -0.25) is 10.2 Å². The molecule has 10 heavy (non-hydrogen) atoms. The van der Waals surface area contributed by atoms with Crippen LogP contribution in [0.15, 0.2) is 12.2 Å². The summed E-state index contributed by atoms with van der Waals surface area (Å²) in [6.45, 7) is 0. The van der Waals surface area contributed by atoms with Crippen molar-refractivity contribution < 1.29 is 14.7 Å². The first-order valence-corrected chi connectivity index (χ1v) is 2.54. The fraction of sp³-hybridized carbons (Fsp3) is 0.200. The summed E-state index contributed by atoms with van der Waals surface area (Å²) in [5.74, 6) is -1.64. The minimum Gasteiger partial charge on any atom is -0.478 e. The number of hydrazine groups is 1. The van der Waals surface area contributed by atoms with Gasteiger partial charge in [0.15, 0.2) is 0 Å². The number of amides is 1. The Morgan fingerprint density at radius 3 is 2.40 bits per heavy atom. The topological polar surface area (TPSA) is 78.4 Å². The van der Waals surface area contributed by atoms with Crippen LogP contribution < -0.4 is 10.9 Å². The second kappa shape index (κ2) is 4.51. The van der Waals surface area contributed by atoms with Crippen LogP contribution in [0, 0.1) is 0 Å². The van der Waals surface area contributed by atoms with E-state index in [-0.39, 0.29) is 0 Å². The molecule has 1 amide bonds. The predicted octanol–water partition coefficient (Wildman–Crippen LogP) is -1.12. The summed E-state index contributed by atoms with van der Waals surface area (Å²) in [5, 5.41) is 8.04. The van der Waals surface area contributed by atoms with Crippen LogP contribution >= 0.6 is 0 Å². The fourth-order valence-electron chi connectivity index (χ4n) is 0.312. The van der Waals surface area contributed by atoms with Crippen molar-refractivity contribution in [1.82, 2.24) is 10.9 Å². The van der Waals surface area contributed by atoms with Crippen molar-refractivity contribution in [2.75, 3.05) is 7.05 Å². The van der Waals surface area contributed by atoms with E-state index < -0.39 is 11.9 Å². The van der Waals surface area contributed by atoms with Crippen LogP contribution in [-0.4, -0.2) is 24.0 Å². The Bertz CT molecular complexity index is 164. The molecule has 0 rings (SSSR count). The van der Waals surface area contributed by atoms with E-state index in [0.717, 1.165) is 12.2 Å². The molecule has 0 aliphatic heterocycles. The molecule has 0 radical (unpaired) electrons. The van der Waals surface area contributed by atoms with E-state index in [0.29, 0.717) is 0 Å². The average Bonchev–Trinajstić information content (AvgIpc) is 1.85. The summed E-state index contributed by atoms with van der Waals surface area (Å²) in [6, 6.07) is 0. The van der Waals surface area contributed by atoms with Gasteiger partial charge in [0.05, 0.1) is 0 Å². The lowest BCUT2D eigenvalue weighted by molar-refractivity contribution is -0.131. The molecular weight excluding hydrogens is 136 g/mol. The van der Waals surface area contributed by atoms with Gasteiger partial charge in [0.25, 0.3) is 5.91 Å². The Balaban J connectivity index is 3.67. The van der Waals surface area contributed by atoms with Gasteiger partial charge < -0.3 is 5.11 Å². The Morgan fingerprint density at radius 1 is 1.40 bits per heavy atom. The average molecular weight is 144 g/mol. The molecule has 56 valence electrons. The number of nitrogens with one attached hydrogen (secondary N) is 2. The standard InChI is InChI=1S/C5H8N2O3/c1-6-7-4(8)2-3-5(9)10/h2-3,6H,1H3,(H,7,8)(H,9,10)/b3-2-. The van der Waals surface area contributed by atoms with Crippen LogP contribution in [-0.2, 0) is 9.59 Å². The van der Waals surface area contributed by atoms with Crippen molar-refractivity contribution >= 4 is 11.9 Å². The third kappa shape index (κ3) is 4.79. The first-order valence-electron chi connectivity index (χ1n) is 2.54. The maximum Gasteiger partial charge on any atom is 0.328 e. The van der Waals surface area contributed by atoms with E-state index in [9.17, 15) is 9.59 Å². The molecule has 3 N–H and O–H groups in total. The van der Waals surface area contributed by atoms with Gasteiger partial charge >= 0.3 is 5.97 Å². The summed E-state index contributed by atoms with van der Waals surface area (Å²) in [6.07, 6.45) is 1.67. The maximum absolute atomic E-state index is 10.4. The first kappa shape index (κ1) is 8.64. The number of aliphatic carboxylic acids is 1. The minimum atomic E-state index is -1.15. The summed E-state index contributed by atoms with van der Waals surface area (Å²) in [4.78, 5) is 20.2. The molecule has 0 unspecified atom stereocenters. The predicted molar refractivity (Wildman–Crippen MR) is 34.0 cm³/mol. The molecule has 0 aliphatic rings. The molecule has 0 aliphatic carbocycles. The molecule has 0 aromatic rings. The normalized spacial score (nSPS) is 9.70. The van der Waals surface area contributed by atoms with Crippen molar-refractivity contribution in [3.8, 4) is 0 Å². The van der Waals surface area contributed by atoms with E-state index in [1.165, 1.54) is 7.05 Å². The second-order valence-corrected chi connectivity index (χ2v) is 1.41. The molecule has 0 saturated heterocycles. The molecule has 5 nitrogen and oxygen atoms in total. The van der Waals surface area contributed by atoms with Crippen LogP contribution in [0.4, 0.5) is 0 Å². The monoisotopic (exact) mass is 144 g/mol. The van der Waals surface area contributed by atoms with Crippen LogP contribution in [0.5, 0.6) is 0 Å². The number of carbonyl (C=O) groups is 2. The van der Waals surface area contributed by atoms with Gasteiger partial charge in [-0.05, 0) is 0 Å². The molecule has 5 heteroatoms. The summed E-state index contributed by atoms with van der Waals surface area (Å²) >= 11 is 0. The highest BCUT2D eigenvalue weighted by atomic mass is 16.4. The lowest BCUT2D eigenvalue weighted by Gasteiger charge is -1.94. The van der Waals surface area contributed by atoms with E-state index in [1.807, 2.05) is 0 Å². The molecule has 0 fully saturated rings. The SMILES string of the molecule is CNNC(=O)/C=C\C(=O)O. The van der Waals surface area contributed by atoms with Crippen molar-refractivity contribution in [1.29, 1.82) is 0 Å². The molecule has 0 aromatic carbocycles. The van der Waals surface area contributed by atoms with E-state index in [1.54, 1.807) is 0 Å². The zero-order valence-corrected chi connectivity index (χ0v) is 5.42. The van der Waals surface area contributed by atoms with Gasteiger partial charge in [-0.25, -0.2) is 10.2 Å². The van der Waals surface area contributed by atoms with E-state index >= 15 is 0 Å². The van der Waals surface area contributed by atoms with Crippen molar-refractivity contribution in [3.05, 3.63) is 12.2 Å². The van der Waals surface area contributed by atoms with E-state index in [2.05, 4.69) is 10.9 Å². The first-order chi connectivity index (χ1) is 4.66. The van der Waals surface area contributed by atoms with Gasteiger partial charge in [0.1, 0.15) is 0 Å². The summed E-state index contributed by atoms with van der Waals surface area (Å²) < 4.78 is 0. The molecule has 0 aromatic heterocycles. The molecule has 0 saturated carbocycles. The van der Waals surface area contributed by atoms with Gasteiger partial charge in [-0.15, -0.1) is 0 Å². The van der Waals surface area contributed by atoms with Crippen molar-refractivity contribution in [3.63, 3.8) is 0 Å². The molecular formula is C5H8N2O3. The zero-order chi connectivity index (χ0) is 7.98. The maximum atomic E-state index is 10.4. The van der Waals surface area contributed by atoms with Crippen molar-refractivity contribution in [2.24, 2.45) is 0 Å². The Hall–Kier alpha value is -1.36. The van der Waals surface area contributed by atoms with Crippen molar-refractivity contribution in [2.45, 2.75) is 0 Å². The van der Waals surface area contributed by atoms with Gasteiger partial charge in [-0.2, -0.15) is 0 Å².